The first-order chi connectivity index (χ1) is 13.2. The van der Waals surface area contributed by atoms with Crippen LogP contribution in [0.25, 0.3) is 10.9 Å². The summed E-state index contributed by atoms with van der Waals surface area (Å²) in [6.07, 6.45) is 2.97. The van der Waals surface area contributed by atoms with Gasteiger partial charge in [-0.2, -0.15) is 0 Å². The molecule has 0 aliphatic carbocycles. The molecule has 1 atom stereocenters. The molecule has 0 bridgehead atoms. The molecule has 0 amide bonds. The number of nitrogens with one attached hydrogen (secondary N) is 1. The van der Waals surface area contributed by atoms with Crippen LogP contribution in [0.2, 0.25) is 5.02 Å². The molecule has 0 aliphatic heterocycles. The highest BCUT2D eigenvalue weighted by Gasteiger charge is 2.14. The molecule has 1 heterocycles. The number of fused-ring (bicyclic) bond motifs is 1. The third-order valence-electron chi connectivity index (χ3n) is 5.20. The minimum atomic E-state index is 0.460. The third kappa shape index (κ3) is 5.21. The molecule has 0 spiro atoms. The fourth-order valence-corrected chi connectivity index (χ4v) is 3.66. The number of aromatic nitrogens is 1. The van der Waals surface area contributed by atoms with Crippen LogP contribution in [0.15, 0.2) is 60.8 Å². The Morgan fingerprint density at radius 3 is 2.56 bits per heavy atom. The van der Waals surface area contributed by atoms with Crippen molar-refractivity contribution in [3.05, 3.63) is 71.4 Å². The van der Waals surface area contributed by atoms with E-state index in [2.05, 4.69) is 59.4 Å². The van der Waals surface area contributed by atoms with Crippen LogP contribution >= 0.6 is 11.6 Å². The van der Waals surface area contributed by atoms with Crippen LogP contribution in [0.1, 0.15) is 31.7 Å². The average Bonchev–Trinajstić information content (AvgIpc) is 2.71. The van der Waals surface area contributed by atoms with Crippen molar-refractivity contribution in [2.45, 2.75) is 26.2 Å². The lowest BCUT2D eigenvalue weighted by Crippen LogP contribution is -2.26. The maximum atomic E-state index is 6.11. The van der Waals surface area contributed by atoms with E-state index in [1.54, 1.807) is 0 Å². The molecule has 2 aromatic carbocycles. The van der Waals surface area contributed by atoms with Crippen molar-refractivity contribution in [2.24, 2.45) is 0 Å². The first-order valence-electron chi connectivity index (χ1n) is 9.76. The topological polar surface area (TPSA) is 28.2 Å². The summed E-state index contributed by atoms with van der Waals surface area (Å²) in [5, 5.41) is 5.49. The summed E-state index contributed by atoms with van der Waals surface area (Å²) >= 11 is 6.11. The fourth-order valence-electron chi connectivity index (χ4n) is 3.50. The van der Waals surface area contributed by atoms with Gasteiger partial charge in [-0.15, -0.1) is 0 Å². The minimum absolute atomic E-state index is 0.460. The van der Waals surface area contributed by atoms with E-state index in [4.69, 9.17) is 11.6 Å². The Bertz CT molecular complexity index is 847. The van der Waals surface area contributed by atoms with E-state index in [1.165, 1.54) is 5.56 Å². The predicted octanol–water partition coefficient (Wildman–Crippen LogP) is 5.82. The zero-order valence-electron chi connectivity index (χ0n) is 16.2. The summed E-state index contributed by atoms with van der Waals surface area (Å²) in [6.45, 7) is 8.66. The lowest BCUT2D eigenvalue weighted by atomic mass is 9.95. The largest absolute Gasteiger partial charge is 0.384 e. The smallest absolute Gasteiger partial charge is 0.0737 e. The van der Waals surface area contributed by atoms with Gasteiger partial charge in [-0.3, -0.25) is 4.98 Å². The van der Waals surface area contributed by atoms with E-state index < -0.39 is 0 Å². The molecule has 0 saturated carbocycles. The Kier molecular flexibility index (Phi) is 7.08. The highest BCUT2D eigenvalue weighted by atomic mass is 35.5. The van der Waals surface area contributed by atoms with Crippen LogP contribution in [0.5, 0.6) is 0 Å². The number of halogens is 1. The fraction of sp³-hybridized carbons (Fsp3) is 0.348. The van der Waals surface area contributed by atoms with Gasteiger partial charge in [0.15, 0.2) is 0 Å². The zero-order valence-corrected chi connectivity index (χ0v) is 16.9. The van der Waals surface area contributed by atoms with Gasteiger partial charge in [0.1, 0.15) is 0 Å². The second kappa shape index (κ2) is 9.72. The minimum Gasteiger partial charge on any atom is -0.384 e. The van der Waals surface area contributed by atoms with Gasteiger partial charge in [-0.25, -0.2) is 0 Å². The standard InChI is InChI=1S/C23H28ClN3/c1-3-27(4-2)15-13-19(18-8-6-5-7-9-18)17-26-22-12-14-25-23-16-20(24)10-11-21(22)23/h5-12,14,16,19H,3-4,13,15,17H2,1-2H3,(H,25,26)/t19-/m1/s1. The van der Waals surface area contributed by atoms with Gasteiger partial charge in [0, 0.05) is 34.8 Å². The first-order valence-corrected chi connectivity index (χ1v) is 10.1. The van der Waals surface area contributed by atoms with Crippen molar-refractivity contribution in [2.75, 3.05) is 31.5 Å². The maximum absolute atomic E-state index is 6.11. The normalized spacial score (nSPS) is 12.4. The van der Waals surface area contributed by atoms with E-state index in [1.807, 2.05) is 30.5 Å². The van der Waals surface area contributed by atoms with Crippen LogP contribution in [0, 0.1) is 0 Å². The SMILES string of the molecule is CCN(CC)CC[C@H](CNc1ccnc2cc(Cl)ccc12)c1ccccc1. The molecule has 0 fully saturated rings. The molecule has 3 rings (SSSR count). The maximum Gasteiger partial charge on any atom is 0.0737 e. The molecule has 3 aromatic rings. The number of benzene rings is 2. The number of hydrogen-bond acceptors (Lipinski definition) is 3. The van der Waals surface area contributed by atoms with Gasteiger partial charge in [-0.1, -0.05) is 55.8 Å². The van der Waals surface area contributed by atoms with E-state index in [9.17, 15) is 0 Å². The number of nitrogens with zero attached hydrogens (tertiary/aromatic N) is 2. The Morgan fingerprint density at radius 2 is 1.81 bits per heavy atom. The molecular weight excluding hydrogens is 354 g/mol. The molecule has 0 unspecified atom stereocenters. The second-order valence-corrected chi connectivity index (χ2v) is 7.26. The second-order valence-electron chi connectivity index (χ2n) is 6.82. The van der Waals surface area contributed by atoms with Crippen molar-refractivity contribution in [1.82, 2.24) is 9.88 Å². The molecule has 1 aromatic heterocycles. The van der Waals surface area contributed by atoms with Crippen LogP contribution < -0.4 is 5.32 Å². The Morgan fingerprint density at radius 1 is 1.04 bits per heavy atom. The van der Waals surface area contributed by atoms with Crippen LogP contribution in [0.3, 0.4) is 0 Å². The van der Waals surface area contributed by atoms with Crippen molar-refractivity contribution < 1.29 is 0 Å². The van der Waals surface area contributed by atoms with Crippen molar-refractivity contribution >= 4 is 28.2 Å². The van der Waals surface area contributed by atoms with Crippen molar-refractivity contribution in [3.63, 3.8) is 0 Å². The lowest BCUT2D eigenvalue weighted by Gasteiger charge is -2.24. The highest BCUT2D eigenvalue weighted by Crippen LogP contribution is 2.26. The molecule has 0 aliphatic rings. The van der Waals surface area contributed by atoms with Gasteiger partial charge in [0.05, 0.1) is 5.52 Å². The number of pyridine rings is 1. The molecule has 1 N–H and O–H groups in total. The van der Waals surface area contributed by atoms with E-state index in [0.29, 0.717) is 10.9 Å². The monoisotopic (exact) mass is 381 g/mol. The summed E-state index contributed by atoms with van der Waals surface area (Å²) in [6, 6.07) is 18.7. The van der Waals surface area contributed by atoms with Gasteiger partial charge in [0.2, 0.25) is 0 Å². The summed E-state index contributed by atoms with van der Waals surface area (Å²) in [5.74, 6) is 0.460. The Hall–Kier alpha value is -2.10. The molecule has 3 nitrogen and oxygen atoms in total. The highest BCUT2D eigenvalue weighted by molar-refractivity contribution is 6.31. The number of hydrogen-bond donors (Lipinski definition) is 1. The van der Waals surface area contributed by atoms with Gasteiger partial charge in [0.25, 0.3) is 0 Å². The Labute approximate surface area is 167 Å². The number of anilines is 1. The molecule has 142 valence electrons. The summed E-state index contributed by atoms with van der Waals surface area (Å²) in [5.41, 5.74) is 3.42. The summed E-state index contributed by atoms with van der Waals surface area (Å²) in [7, 11) is 0. The van der Waals surface area contributed by atoms with Crippen LogP contribution in [-0.4, -0.2) is 36.1 Å². The molecule has 0 saturated heterocycles. The molecule has 4 heteroatoms. The van der Waals surface area contributed by atoms with Crippen LogP contribution in [0.4, 0.5) is 5.69 Å². The Balaban J connectivity index is 1.76. The average molecular weight is 382 g/mol. The number of rotatable bonds is 9. The third-order valence-corrected chi connectivity index (χ3v) is 5.44. The molecule has 27 heavy (non-hydrogen) atoms. The first kappa shape index (κ1) is 19.7. The summed E-state index contributed by atoms with van der Waals surface area (Å²) < 4.78 is 0. The van der Waals surface area contributed by atoms with Crippen molar-refractivity contribution in [3.8, 4) is 0 Å². The quantitative estimate of drug-likeness (QED) is 0.506. The summed E-state index contributed by atoms with van der Waals surface area (Å²) in [4.78, 5) is 6.92. The molecule has 0 radical (unpaired) electrons. The zero-order chi connectivity index (χ0) is 19.1. The van der Waals surface area contributed by atoms with Crippen LogP contribution in [-0.2, 0) is 0 Å². The van der Waals surface area contributed by atoms with E-state index in [0.717, 1.165) is 49.2 Å². The molecular formula is C23H28ClN3. The van der Waals surface area contributed by atoms with Gasteiger partial charge < -0.3 is 10.2 Å². The van der Waals surface area contributed by atoms with E-state index >= 15 is 0 Å². The van der Waals surface area contributed by atoms with E-state index in [-0.39, 0.29) is 0 Å². The predicted molar refractivity (Wildman–Crippen MR) is 117 cm³/mol. The lowest BCUT2D eigenvalue weighted by molar-refractivity contribution is 0.291. The van der Waals surface area contributed by atoms with Crippen molar-refractivity contribution in [1.29, 1.82) is 0 Å². The van der Waals surface area contributed by atoms with Gasteiger partial charge in [-0.05, 0) is 55.9 Å². The van der Waals surface area contributed by atoms with Gasteiger partial charge >= 0.3 is 0 Å².